The fourth-order valence-corrected chi connectivity index (χ4v) is 1.97. The topological polar surface area (TPSA) is 24.9 Å². The van der Waals surface area contributed by atoms with Crippen LogP contribution in [0.15, 0.2) is 66.9 Å². The van der Waals surface area contributed by atoms with E-state index in [4.69, 9.17) is 0 Å². The van der Waals surface area contributed by atoms with Crippen LogP contribution < -0.4 is 5.32 Å². The number of nitrogens with zero attached hydrogens (tertiary/aromatic N) is 1. The van der Waals surface area contributed by atoms with Crippen molar-refractivity contribution in [3.05, 3.63) is 72.4 Å². The predicted molar refractivity (Wildman–Crippen MR) is 75.5 cm³/mol. The summed E-state index contributed by atoms with van der Waals surface area (Å²) in [5.74, 6) is 0. The summed E-state index contributed by atoms with van der Waals surface area (Å²) in [6.07, 6.45) is 1.93. The molecule has 0 radical (unpaired) electrons. The summed E-state index contributed by atoms with van der Waals surface area (Å²) in [7, 11) is 0. The van der Waals surface area contributed by atoms with Gasteiger partial charge in [0.25, 0.3) is 0 Å². The SMILES string of the molecule is c1ccc(NCc2cnc3ccccc3c2)cc1. The van der Waals surface area contributed by atoms with E-state index >= 15 is 0 Å². The molecule has 18 heavy (non-hydrogen) atoms. The zero-order valence-electron chi connectivity index (χ0n) is 10.0. The highest BCUT2D eigenvalue weighted by atomic mass is 14.9. The first-order valence-corrected chi connectivity index (χ1v) is 6.04. The van der Waals surface area contributed by atoms with E-state index < -0.39 is 0 Å². The molecule has 88 valence electrons. The first-order chi connectivity index (χ1) is 8.92. The molecular weight excluding hydrogens is 220 g/mol. The molecule has 0 saturated carbocycles. The lowest BCUT2D eigenvalue weighted by Gasteiger charge is -2.06. The highest BCUT2D eigenvalue weighted by molar-refractivity contribution is 5.78. The van der Waals surface area contributed by atoms with E-state index in [1.807, 2.05) is 42.6 Å². The molecule has 0 saturated heterocycles. The second-order valence-corrected chi connectivity index (χ2v) is 4.26. The number of hydrogen-bond acceptors (Lipinski definition) is 2. The zero-order valence-corrected chi connectivity index (χ0v) is 10.0. The molecule has 0 atom stereocenters. The van der Waals surface area contributed by atoms with Gasteiger partial charge >= 0.3 is 0 Å². The lowest BCUT2D eigenvalue weighted by molar-refractivity contribution is 1.13. The summed E-state index contributed by atoms with van der Waals surface area (Å²) in [5.41, 5.74) is 3.36. The summed E-state index contributed by atoms with van der Waals surface area (Å²) >= 11 is 0. The minimum atomic E-state index is 0.793. The molecular formula is C16H14N2. The number of anilines is 1. The number of pyridine rings is 1. The van der Waals surface area contributed by atoms with Gasteiger partial charge in [-0.2, -0.15) is 0 Å². The molecule has 0 aliphatic carbocycles. The highest BCUT2D eigenvalue weighted by Crippen LogP contribution is 2.14. The van der Waals surface area contributed by atoms with Gasteiger partial charge in [0.05, 0.1) is 5.52 Å². The number of rotatable bonds is 3. The molecule has 1 N–H and O–H groups in total. The average molecular weight is 234 g/mol. The molecule has 2 heteroatoms. The van der Waals surface area contributed by atoms with Gasteiger partial charge in [-0.3, -0.25) is 4.98 Å². The van der Waals surface area contributed by atoms with Crippen molar-refractivity contribution in [2.75, 3.05) is 5.32 Å². The molecule has 3 aromatic rings. The van der Waals surface area contributed by atoms with Crippen molar-refractivity contribution in [1.82, 2.24) is 4.98 Å². The Morgan fingerprint density at radius 1 is 0.889 bits per heavy atom. The van der Waals surface area contributed by atoms with Crippen LogP contribution in [0.1, 0.15) is 5.56 Å². The van der Waals surface area contributed by atoms with Crippen molar-refractivity contribution in [3.63, 3.8) is 0 Å². The van der Waals surface area contributed by atoms with E-state index in [-0.39, 0.29) is 0 Å². The summed E-state index contributed by atoms with van der Waals surface area (Å²) in [4.78, 5) is 4.45. The summed E-state index contributed by atoms with van der Waals surface area (Å²) in [6, 6.07) is 20.6. The standard InChI is InChI=1S/C16H14N2/c1-2-7-15(8-3-1)17-11-13-10-14-6-4-5-9-16(14)18-12-13/h1-10,12,17H,11H2. The van der Waals surface area contributed by atoms with Crippen LogP contribution in [0, 0.1) is 0 Å². The molecule has 0 bridgehead atoms. The number of aromatic nitrogens is 1. The number of nitrogens with one attached hydrogen (secondary N) is 1. The lowest BCUT2D eigenvalue weighted by Crippen LogP contribution is -1.99. The molecule has 0 aliphatic heterocycles. The van der Waals surface area contributed by atoms with E-state index in [0.29, 0.717) is 0 Å². The third kappa shape index (κ3) is 2.33. The van der Waals surface area contributed by atoms with E-state index in [2.05, 4.69) is 34.6 Å². The second-order valence-electron chi connectivity index (χ2n) is 4.26. The Kier molecular flexibility index (Phi) is 2.92. The Labute approximate surface area is 106 Å². The fraction of sp³-hybridized carbons (Fsp3) is 0.0625. The van der Waals surface area contributed by atoms with Crippen LogP contribution in [0.5, 0.6) is 0 Å². The maximum Gasteiger partial charge on any atom is 0.0702 e. The first kappa shape index (κ1) is 10.8. The van der Waals surface area contributed by atoms with Crippen molar-refractivity contribution in [2.24, 2.45) is 0 Å². The first-order valence-electron chi connectivity index (χ1n) is 6.04. The molecule has 1 aromatic heterocycles. The van der Waals surface area contributed by atoms with E-state index in [9.17, 15) is 0 Å². The monoisotopic (exact) mass is 234 g/mol. The molecule has 2 nitrogen and oxygen atoms in total. The minimum Gasteiger partial charge on any atom is -0.381 e. The van der Waals surface area contributed by atoms with Crippen molar-refractivity contribution in [3.8, 4) is 0 Å². The Morgan fingerprint density at radius 2 is 1.67 bits per heavy atom. The predicted octanol–water partition coefficient (Wildman–Crippen LogP) is 3.85. The zero-order chi connectivity index (χ0) is 12.2. The molecule has 1 heterocycles. The quantitative estimate of drug-likeness (QED) is 0.744. The van der Waals surface area contributed by atoms with Gasteiger partial charge in [0.1, 0.15) is 0 Å². The maximum atomic E-state index is 4.45. The van der Waals surface area contributed by atoms with Crippen LogP contribution in [0.3, 0.4) is 0 Å². The Bertz CT molecular complexity index is 647. The third-order valence-corrected chi connectivity index (χ3v) is 2.92. The largest absolute Gasteiger partial charge is 0.381 e. The number of hydrogen-bond donors (Lipinski definition) is 1. The summed E-state index contributed by atoms with van der Waals surface area (Å²) in [6.45, 7) is 0.793. The summed E-state index contributed by atoms with van der Waals surface area (Å²) < 4.78 is 0. The van der Waals surface area contributed by atoms with Gasteiger partial charge in [-0.1, -0.05) is 36.4 Å². The van der Waals surface area contributed by atoms with Gasteiger partial charge in [0, 0.05) is 23.8 Å². The molecule has 3 rings (SSSR count). The van der Waals surface area contributed by atoms with Crippen molar-refractivity contribution in [2.45, 2.75) is 6.54 Å². The number of para-hydroxylation sites is 2. The van der Waals surface area contributed by atoms with E-state index in [0.717, 1.165) is 17.7 Å². The van der Waals surface area contributed by atoms with Gasteiger partial charge in [-0.05, 0) is 29.8 Å². The lowest BCUT2D eigenvalue weighted by atomic mass is 10.1. The number of benzene rings is 2. The Hall–Kier alpha value is -2.35. The molecule has 0 amide bonds. The molecule has 0 unspecified atom stereocenters. The van der Waals surface area contributed by atoms with Crippen LogP contribution >= 0.6 is 0 Å². The van der Waals surface area contributed by atoms with Gasteiger partial charge in [-0.25, -0.2) is 0 Å². The Balaban J connectivity index is 1.79. The normalized spacial score (nSPS) is 10.4. The number of fused-ring (bicyclic) bond motifs is 1. The molecule has 0 spiro atoms. The van der Waals surface area contributed by atoms with Crippen LogP contribution in [-0.4, -0.2) is 4.98 Å². The van der Waals surface area contributed by atoms with E-state index in [1.165, 1.54) is 10.9 Å². The Morgan fingerprint density at radius 3 is 2.56 bits per heavy atom. The van der Waals surface area contributed by atoms with Crippen molar-refractivity contribution < 1.29 is 0 Å². The second kappa shape index (κ2) is 4.88. The third-order valence-electron chi connectivity index (χ3n) is 2.92. The minimum absolute atomic E-state index is 0.793. The fourth-order valence-electron chi connectivity index (χ4n) is 1.97. The summed E-state index contributed by atoms with van der Waals surface area (Å²) in [5, 5.41) is 4.57. The van der Waals surface area contributed by atoms with Gasteiger partial charge in [0.15, 0.2) is 0 Å². The van der Waals surface area contributed by atoms with E-state index in [1.54, 1.807) is 0 Å². The van der Waals surface area contributed by atoms with Crippen LogP contribution in [0.2, 0.25) is 0 Å². The van der Waals surface area contributed by atoms with Crippen LogP contribution in [0.4, 0.5) is 5.69 Å². The van der Waals surface area contributed by atoms with Crippen LogP contribution in [0.25, 0.3) is 10.9 Å². The molecule has 2 aromatic carbocycles. The molecule has 0 aliphatic rings. The van der Waals surface area contributed by atoms with Gasteiger partial charge in [-0.15, -0.1) is 0 Å². The van der Waals surface area contributed by atoms with Crippen molar-refractivity contribution in [1.29, 1.82) is 0 Å². The maximum absolute atomic E-state index is 4.45. The molecule has 0 fully saturated rings. The smallest absolute Gasteiger partial charge is 0.0702 e. The van der Waals surface area contributed by atoms with Crippen molar-refractivity contribution >= 4 is 16.6 Å². The van der Waals surface area contributed by atoms with Gasteiger partial charge in [0.2, 0.25) is 0 Å². The highest BCUT2D eigenvalue weighted by Gasteiger charge is 1.97. The van der Waals surface area contributed by atoms with Gasteiger partial charge < -0.3 is 5.32 Å². The average Bonchev–Trinajstić information content (AvgIpc) is 2.46. The van der Waals surface area contributed by atoms with Crippen LogP contribution in [-0.2, 0) is 6.54 Å².